The molecule has 8 saturated carbocycles. The molecule has 226 valence electrons. The average Bonchev–Trinajstić information content (AvgIpc) is 3.05. The van der Waals surface area contributed by atoms with Crippen molar-refractivity contribution < 1.29 is 0 Å². The first-order valence-corrected chi connectivity index (χ1v) is 18.4. The summed E-state index contributed by atoms with van der Waals surface area (Å²) in [6, 6.07) is 18.6. The van der Waals surface area contributed by atoms with Gasteiger partial charge in [0.1, 0.15) is 11.6 Å². The number of benzene rings is 5. The maximum atomic E-state index is 5.45. The van der Waals surface area contributed by atoms with Gasteiger partial charge in [0.25, 0.3) is 0 Å². The molecule has 0 amide bonds. The molecule has 8 bridgehead atoms. The minimum Gasteiger partial charge on any atom is -0.232 e. The molecule has 0 radical (unpaired) electrons. The summed E-state index contributed by atoms with van der Waals surface area (Å²) in [4.78, 5) is 21.8. The van der Waals surface area contributed by atoms with Crippen molar-refractivity contribution in [2.24, 2.45) is 35.5 Å². The summed E-state index contributed by atoms with van der Waals surface area (Å²) in [7, 11) is 0. The molecule has 7 aromatic rings. The van der Waals surface area contributed by atoms with Crippen molar-refractivity contribution in [2.45, 2.75) is 87.9 Å². The van der Waals surface area contributed by atoms with E-state index in [-0.39, 0.29) is 10.8 Å². The highest BCUT2D eigenvalue weighted by molar-refractivity contribution is 6.38. The molecular weight excluding hydrogens is 560 g/mol. The average molecular weight is 599 g/mol. The zero-order chi connectivity index (χ0) is 29.5. The molecule has 0 unspecified atom stereocenters. The highest BCUT2D eigenvalue weighted by Gasteiger charge is 2.54. The highest BCUT2D eigenvalue weighted by Crippen LogP contribution is 2.62. The Balaban J connectivity index is 1.03. The second-order valence-electron chi connectivity index (χ2n) is 17.5. The molecule has 0 saturated heterocycles. The Kier molecular flexibility index (Phi) is 4.20. The van der Waals surface area contributed by atoms with Crippen LogP contribution >= 0.6 is 0 Å². The molecule has 5 aromatic carbocycles. The second-order valence-corrected chi connectivity index (χ2v) is 17.5. The van der Waals surface area contributed by atoms with Gasteiger partial charge in [0.05, 0.1) is 22.1 Å². The Morgan fingerprint density at radius 2 is 0.609 bits per heavy atom. The Morgan fingerprint density at radius 3 is 0.870 bits per heavy atom. The normalized spacial score (nSPS) is 36.3. The monoisotopic (exact) mass is 598 g/mol. The summed E-state index contributed by atoms with van der Waals surface area (Å²) in [6.07, 6.45) is 16.5. The van der Waals surface area contributed by atoms with E-state index in [0.29, 0.717) is 0 Å². The highest BCUT2D eigenvalue weighted by atomic mass is 14.9. The third-order valence-corrected chi connectivity index (χ3v) is 14.7. The zero-order valence-electron chi connectivity index (χ0n) is 26.4. The Hall–Kier alpha value is -3.66. The lowest BCUT2D eigenvalue weighted by molar-refractivity contribution is -0.00919. The molecule has 46 heavy (non-hydrogen) atoms. The van der Waals surface area contributed by atoms with Crippen molar-refractivity contribution in [2.75, 3.05) is 0 Å². The third-order valence-electron chi connectivity index (χ3n) is 14.7. The van der Waals surface area contributed by atoms with Crippen molar-refractivity contribution >= 4 is 65.2 Å². The number of fused-ring (bicyclic) bond motifs is 2. The summed E-state index contributed by atoms with van der Waals surface area (Å²) >= 11 is 0. The van der Waals surface area contributed by atoms with E-state index in [4.69, 9.17) is 19.9 Å². The van der Waals surface area contributed by atoms with Gasteiger partial charge in [-0.3, -0.25) is 0 Å². The lowest BCUT2D eigenvalue weighted by Gasteiger charge is -2.56. The lowest BCUT2D eigenvalue weighted by atomic mass is 9.49. The molecule has 4 nitrogen and oxygen atoms in total. The van der Waals surface area contributed by atoms with E-state index in [0.717, 1.165) is 69.2 Å². The van der Waals surface area contributed by atoms with E-state index in [2.05, 4.69) is 48.5 Å². The number of rotatable bonds is 2. The van der Waals surface area contributed by atoms with Crippen LogP contribution in [0.25, 0.3) is 65.2 Å². The van der Waals surface area contributed by atoms with Gasteiger partial charge in [0, 0.05) is 32.4 Å². The minimum atomic E-state index is 0.199. The number of hydrogen-bond donors (Lipinski definition) is 0. The SMILES string of the molecule is c1cc2c3ccc4nc(C56CC7CC(CC(C7)C5)C6)nc5ccc(c6ccc7nc(C89CC%10CC(CC(C%10)C8)C9)nc1c7c26)c3c45. The molecule has 4 heteroatoms. The molecular formula is C42H38N4. The zero-order valence-corrected chi connectivity index (χ0v) is 26.4. The summed E-state index contributed by atoms with van der Waals surface area (Å²) in [5.74, 6) is 7.62. The predicted octanol–water partition coefficient (Wildman–Crippen LogP) is 10.00. The van der Waals surface area contributed by atoms with Gasteiger partial charge in [-0.05, 0) is 158 Å². The van der Waals surface area contributed by atoms with Crippen molar-refractivity contribution in [3.05, 3.63) is 60.2 Å². The van der Waals surface area contributed by atoms with Crippen molar-refractivity contribution in [3.8, 4) is 0 Å². The van der Waals surface area contributed by atoms with Gasteiger partial charge in [-0.25, -0.2) is 19.9 Å². The maximum Gasteiger partial charge on any atom is 0.135 e. The second kappa shape index (κ2) is 7.89. The smallest absolute Gasteiger partial charge is 0.135 e. The van der Waals surface area contributed by atoms with E-state index in [1.54, 1.807) is 0 Å². The van der Waals surface area contributed by atoms with Crippen molar-refractivity contribution in [1.29, 1.82) is 0 Å². The molecule has 8 aliphatic rings. The summed E-state index contributed by atoms with van der Waals surface area (Å²) in [6.45, 7) is 0. The van der Waals surface area contributed by atoms with Gasteiger partial charge in [-0.2, -0.15) is 0 Å². The molecule has 0 aliphatic heterocycles. The molecule has 8 aliphatic carbocycles. The van der Waals surface area contributed by atoms with Gasteiger partial charge in [0.2, 0.25) is 0 Å². The maximum absolute atomic E-state index is 5.45. The number of aromatic nitrogens is 4. The van der Waals surface area contributed by atoms with Crippen LogP contribution in [-0.4, -0.2) is 19.9 Å². The van der Waals surface area contributed by atoms with Crippen LogP contribution in [0.3, 0.4) is 0 Å². The van der Waals surface area contributed by atoms with E-state index in [1.807, 2.05) is 0 Å². The molecule has 2 heterocycles. The summed E-state index contributed by atoms with van der Waals surface area (Å²) in [5, 5.41) is 10.4. The van der Waals surface area contributed by atoms with Crippen LogP contribution in [0.4, 0.5) is 0 Å². The number of hydrogen-bond acceptors (Lipinski definition) is 4. The fraction of sp³-hybridized carbons (Fsp3) is 0.476. The standard InChI is InChI=1S/C42H38N4/c1-5-31-37-32(44-39(43-31)41-15-21-9-22(16-41)11-23(10-21)17-41)7-3-29-30-4-8-34-38-33(6-2-28(36(30)38)27(1)35(29)37)45-40(46-34)42-18-24-12-25(19-42)14-26(13-24)20-42/h1-8,21-26H,9-20H2. The van der Waals surface area contributed by atoms with Crippen LogP contribution < -0.4 is 0 Å². The molecule has 2 aromatic heterocycles. The van der Waals surface area contributed by atoms with Crippen LogP contribution in [0.2, 0.25) is 0 Å². The van der Waals surface area contributed by atoms with Crippen LogP contribution in [-0.2, 0) is 10.8 Å². The van der Waals surface area contributed by atoms with Gasteiger partial charge >= 0.3 is 0 Å². The minimum absolute atomic E-state index is 0.199. The van der Waals surface area contributed by atoms with E-state index >= 15 is 0 Å². The quantitative estimate of drug-likeness (QED) is 0.147. The summed E-state index contributed by atoms with van der Waals surface area (Å²) < 4.78 is 0. The van der Waals surface area contributed by atoms with Crippen molar-refractivity contribution in [3.63, 3.8) is 0 Å². The first-order valence-electron chi connectivity index (χ1n) is 18.4. The van der Waals surface area contributed by atoms with Gasteiger partial charge in [-0.1, -0.05) is 24.3 Å². The van der Waals surface area contributed by atoms with Crippen LogP contribution in [0.1, 0.15) is 88.7 Å². The molecule has 8 fully saturated rings. The molecule has 15 rings (SSSR count). The van der Waals surface area contributed by atoms with Crippen LogP contribution in [0.5, 0.6) is 0 Å². The van der Waals surface area contributed by atoms with Gasteiger partial charge < -0.3 is 0 Å². The first kappa shape index (κ1) is 24.5. The first-order chi connectivity index (χ1) is 22.6. The largest absolute Gasteiger partial charge is 0.232 e. The fourth-order valence-electron chi connectivity index (χ4n) is 13.9. The van der Waals surface area contributed by atoms with E-state index in [1.165, 1.54) is 120 Å². The van der Waals surface area contributed by atoms with Crippen molar-refractivity contribution in [1.82, 2.24) is 19.9 Å². The molecule has 0 N–H and O–H groups in total. The van der Waals surface area contributed by atoms with Gasteiger partial charge in [0.15, 0.2) is 0 Å². The van der Waals surface area contributed by atoms with E-state index in [9.17, 15) is 0 Å². The third kappa shape index (κ3) is 2.92. The van der Waals surface area contributed by atoms with Crippen LogP contribution in [0.15, 0.2) is 48.5 Å². The topological polar surface area (TPSA) is 51.6 Å². The van der Waals surface area contributed by atoms with Crippen LogP contribution in [0, 0.1) is 35.5 Å². The molecule has 0 atom stereocenters. The molecule has 0 spiro atoms. The summed E-state index contributed by atoms with van der Waals surface area (Å²) in [5.41, 5.74) is 4.92. The van der Waals surface area contributed by atoms with E-state index < -0.39 is 0 Å². The fourth-order valence-corrected chi connectivity index (χ4v) is 13.9. The lowest BCUT2D eigenvalue weighted by Crippen LogP contribution is -2.49. The Morgan fingerprint density at radius 1 is 0.348 bits per heavy atom. The predicted molar refractivity (Wildman–Crippen MR) is 185 cm³/mol. The Bertz CT molecular complexity index is 2100. The van der Waals surface area contributed by atoms with Gasteiger partial charge in [-0.15, -0.1) is 0 Å². The number of nitrogens with zero attached hydrogens (tertiary/aromatic N) is 4. The Labute approximate surface area is 268 Å².